The second kappa shape index (κ2) is 6.66. The standard InChI is InChI=1S/C19H19N3O2/c1-12-8-4-6-10-15(12)17-21-19(24-22-17)14(3)20-18(23)16-11-7-5-9-13(16)2/h4-11,14H,1-3H3,(H,20,23)/t14-/m1/s1. The van der Waals surface area contributed by atoms with Gasteiger partial charge in [-0.2, -0.15) is 4.98 Å². The Morgan fingerprint density at radius 3 is 2.42 bits per heavy atom. The van der Waals surface area contributed by atoms with Gasteiger partial charge in [0.2, 0.25) is 11.7 Å². The number of hydrogen-bond donors (Lipinski definition) is 1. The molecule has 0 unspecified atom stereocenters. The van der Waals surface area contributed by atoms with Gasteiger partial charge in [-0.25, -0.2) is 0 Å². The van der Waals surface area contributed by atoms with Crippen LogP contribution < -0.4 is 5.32 Å². The lowest BCUT2D eigenvalue weighted by molar-refractivity contribution is 0.0932. The monoisotopic (exact) mass is 321 g/mol. The molecular formula is C19H19N3O2. The molecule has 3 rings (SSSR count). The van der Waals surface area contributed by atoms with Crippen molar-refractivity contribution in [2.45, 2.75) is 26.8 Å². The maximum Gasteiger partial charge on any atom is 0.252 e. The van der Waals surface area contributed by atoms with Crippen molar-refractivity contribution in [3.8, 4) is 11.4 Å². The van der Waals surface area contributed by atoms with E-state index in [0.717, 1.165) is 16.7 Å². The summed E-state index contributed by atoms with van der Waals surface area (Å²) in [6.45, 7) is 5.72. The maximum absolute atomic E-state index is 12.4. The van der Waals surface area contributed by atoms with E-state index in [0.29, 0.717) is 17.3 Å². The average Bonchev–Trinajstić information content (AvgIpc) is 3.05. The van der Waals surface area contributed by atoms with Crippen LogP contribution >= 0.6 is 0 Å². The van der Waals surface area contributed by atoms with Gasteiger partial charge in [0, 0.05) is 11.1 Å². The van der Waals surface area contributed by atoms with Crippen LogP contribution in [0.4, 0.5) is 0 Å². The Labute approximate surface area is 140 Å². The summed E-state index contributed by atoms with van der Waals surface area (Å²) in [5.74, 6) is 0.756. The van der Waals surface area contributed by atoms with Crippen LogP contribution in [0.3, 0.4) is 0 Å². The second-order valence-corrected chi connectivity index (χ2v) is 5.78. The minimum atomic E-state index is -0.373. The highest BCUT2D eigenvalue weighted by Crippen LogP contribution is 2.22. The Hall–Kier alpha value is -2.95. The van der Waals surface area contributed by atoms with Crippen LogP contribution in [0.1, 0.15) is 40.3 Å². The second-order valence-electron chi connectivity index (χ2n) is 5.78. The molecule has 5 nitrogen and oxygen atoms in total. The molecular weight excluding hydrogens is 302 g/mol. The molecule has 0 aliphatic rings. The van der Waals surface area contributed by atoms with E-state index in [2.05, 4.69) is 15.5 Å². The van der Waals surface area contributed by atoms with E-state index in [-0.39, 0.29) is 11.9 Å². The smallest absolute Gasteiger partial charge is 0.252 e. The molecule has 5 heteroatoms. The molecule has 1 heterocycles. The molecule has 1 amide bonds. The van der Waals surface area contributed by atoms with Crippen LogP contribution in [0.25, 0.3) is 11.4 Å². The number of aromatic nitrogens is 2. The minimum Gasteiger partial charge on any atom is -0.341 e. The highest BCUT2D eigenvalue weighted by Gasteiger charge is 2.19. The molecule has 3 aromatic rings. The first kappa shape index (κ1) is 15.9. The maximum atomic E-state index is 12.4. The van der Waals surface area contributed by atoms with Crippen molar-refractivity contribution < 1.29 is 9.32 Å². The highest BCUT2D eigenvalue weighted by molar-refractivity contribution is 5.95. The first-order valence-corrected chi connectivity index (χ1v) is 7.82. The van der Waals surface area contributed by atoms with Gasteiger partial charge in [-0.1, -0.05) is 47.6 Å². The zero-order valence-corrected chi connectivity index (χ0v) is 13.9. The van der Waals surface area contributed by atoms with Crippen molar-refractivity contribution in [3.63, 3.8) is 0 Å². The number of benzene rings is 2. The number of carbonyl (C=O) groups is 1. The fraction of sp³-hybridized carbons (Fsp3) is 0.211. The fourth-order valence-electron chi connectivity index (χ4n) is 2.51. The predicted molar refractivity (Wildman–Crippen MR) is 91.5 cm³/mol. The third-order valence-corrected chi connectivity index (χ3v) is 3.94. The van der Waals surface area contributed by atoms with E-state index in [1.165, 1.54) is 0 Å². The van der Waals surface area contributed by atoms with E-state index in [1.54, 1.807) is 6.07 Å². The van der Waals surface area contributed by atoms with E-state index in [9.17, 15) is 4.79 Å². The van der Waals surface area contributed by atoms with Gasteiger partial charge in [0.1, 0.15) is 6.04 Å². The first-order valence-electron chi connectivity index (χ1n) is 7.82. The molecule has 0 spiro atoms. The van der Waals surface area contributed by atoms with Crippen molar-refractivity contribution in [1.29, 1.82) is 0 Å². The lowest BCUT2D eigenvalue weighted by atomic mass is 10.1. The summed E-state index contributed by atoms with van der Waals surface area (Å²) in [6.07, 6.45) is 0. The molecule has 0 saturated heterocycles. The van der Waals surface area contributed by atoms with Crippen molar-refractivity contribution in [2.75, 3.05) is 0 Å². The lowest BCUT2D eigenvalue weighted by Gasteiger charge is -2.11. The molecule has 1 N–H and O–H groups in total. The van der Waals surface area contributed by atoms with Gasteiger partial charge >= 0.3 is 0 Å². The van der Waals surface area contributed by atoms with Gasteiger partial charge in [-0.05, 0) is 38.0 Å². The Morgan fingerprint density at radius 1 is 1.04 bits per heavy atom. The Morgan fingerprint density at radius 2 is 1.71 bits per heavy atom. The quantitative estimate of drug-likeness (QED) is 0.792. The van der Waals surface area contributed by atoms with Crippen molar-refractivity contribution in [3.05, 3.63) is 71.1 Å². The van der Waals surface area contributed by atoms with Gasteiger partial charge in [0.05, 0.1) is 0 Å². The highest BCUT2D eigenvalue weighted by atomic mass is 16.5. The molecule has 1 atom stereocenters. The Bertz CT molecular complexity index is 870. The van der Waals surface area contributed by atoms with Gasteiger partial charge in [0.15, 0.2) is 0 Å². The van der Waals surface area contributed by atoms with E-state index in [1.807, 2.05) is 63.2 Å². The van der Waals surface area contributed by atoms with E-state index >= 15 is 0 Å². The zero-order chi connectivity index (χ0) is 17.1. The number of carbonyl (C=O) groups excluding carboxylic acids is 1. The van der Waals surface area contributed by atoms with Crippen molar-refractivity contribution in [1.82, 2.24) is 15.5 Å². The zero-order valence-electron chi connectivity index (χ0n) is 13.9. The van der Waals surface area contributed by atoms with Crippen LogP contribution in [0.2, 0.25) is 0 Å². The van der Waals surface area contributed by atoms with E-state index in [4.69, 9.17) is 4.52 Å². The normalized spacial score (nSPS) is 12.0. The largest absolute Gasteiger partial charge is 0.341 e. The van der Waals surface area contributed by atoms with Gasteiger partial charge in [0.25, 0.3) is 5.91 Å². The molecule has 24 heavy (non-hydrogen) atoms. The number of nitrogens with zero attached hydrogens (tertiary/aromatic N) is 2. The molecule has 122 valence electrons. The lowest BCUT2D eigenvalue weighted by Crippen LogP contribution is -2.27. The molecule has 0 radical (unpaired) electrons. The third-order valence-electron chi connectivity index (χ3n) is 3.94. The summed E-state index contributed by atoms with van der Waals surface area (Å²) in [5, 5.41) is 6.93. The minimum absolute atomic E-state index is 0.156. The van der Waals surface area contributed by atoms with E-state index < -0.39 is 0 Å². The molecule has 0 aliphatic carbocycles. The Kier molecular flexibility index (Phi) is 4.42. The van der Waals surface area contributed by atoms with Crippen LogP contribution in [0.5, 0.6) is 0 Å². The summed E-state index contributed by atoms with van der Waals surface area (Å²) in [6, 6.07) is 14.9. The number of aryl methyl sites for hydroxylation is 2. The molecule has 0 saturated carbocycles. The fourth-order valence-corrected chi connectivity index (χ4v) is 2.51. The topological polar surface area (TPSA) is 68.0 Å². The van der Waals surface area contributed by atoms with Gasteiger partial charge in [-0.15, -0.1) is 0 Å². The molecule has 2 aromatic carbocycles. The summed E-state index contributed by atoms with van der Waals surface area (Å²) in [4.78, 5) is 16.8. The van der Waals surface area contributed by atoms with Gasteiger partial charge in [-0.3, -0.25) is 4.79 Å². The molecule has 0 fully saturated rings. The van der Waals surface area contributed by atoms with Crippen LogP contribution in [0, 0.1) is 13.8 Å². The summed E-state index contributed by atoms with van der Waals surface area (Å²) in [7, 11) is 0. The number of amides is 1. The Balaban J connectivity index is 1.77. The molecule has 0 aliphatic heterocycles. The first-order chi connectivity index (χ1) is 11.6. The number of rotatable bonds is 4. The van der Waals surface area contributed by atoms with Crippen LogP contribution in [-0.4, -0.2) is 16.0 Å². The SMILES string of the molecule is Cc1ccccc1C(=O)N[C@H](C)c1nc(-c2ccccc2C)no1. The summed E-state index contributed by atoms with van der Waals surface area (Å²) < 4.78 is 5.33. The van der Waals surface area contributed by atoms with Crippen molar-refractivity contribution >= 4 is 5.91 Å². The molecule has 0 bridgehead atoms. The van der Waals surface area contributed by atoms with Crippen LogP contribution in [-0.2, 0) is 0 Å². The number of hydrogen-bond acceptors (Lipinski definition) is 4. The van der Waals surface area contributed by atoms with Crippen molar-refractivity contribution in [2.24, 2.45) is 0 Å². The van der Waals surface area contributed by atoms with Gasteiger partial charge < -0.3 is 9.84 Å². The number of nitrogens with one attached hydrogen (secondary N) is 1. The summed E-state index contributed by atoms with van der Waals surface area (Å²) in [5.41, 5.74) is 3.56. The third kappa shape index (κ3) is 3.20. The van der Waals surface area contributed by atoms with Crippen LogP contribution in [0.15, 0.2) is 53.1 Å². The summed E-state index contributed by atoms with van der Waals surface area (Å²) >= 11 is 0. The average molecular weight is 321 g/mol. The molecule has 1 aromatic heterocycles. The predicted octanol–water partition coefficient (Wildman–Crippen LogP) is 3.84.